The molecule has 1 heterocycles. The molecule has 0 aromatic carbocycles. The monoisotopic (exact) mass is 258 g/mol. The maximum absolute atomic E-state index is 11.0. The number of ether oxygens (including phenoxy) is 1. The predicted molar refractivity (Wildman–Crippen MR) is 70.8 cm³/mol. The zero-order chi connectivity index (χ0) is 13.4. The number of nitrogens with zero attached hydrogens (tertiary/aromatic N) is 1. The second-order valence-electron chi connectivity index (χ2n) is 4.77. The molecule has 1 aliphatic rings. The van der Waals surface area contributed by atoms with Crippen molar-refractivity contribution in [3.8, 4) is 0 Å². The molecule has 1 fully saturated rings. The van der Waals surface area contributed by atoms with Gasteiger partial charge in [0.2, 0.25) is 0 Å². The van der Waals surface area contributed by atoms with Gasteiger partial charge in [0.25, 0.3) is 0 Å². The van der Waals surface area contributed by atoms with Crippen LogP contribution in [0.2, 0.25) is 0 Å². The maximum atomic E-state index is 11.0. The molecule has 0 bridgehead atoms. The fraction of sp³-hybridized carbons (Fsp3) is 0.923. The van der Waals surface area contributed by atoms with Gasteiger partial charge < -0.3 is 20.1 Å². The summed E-state index contributed by atoms with van der Waals surface area (Å²) >= 11 is 0. The predicted octanol–water partition coefficient (Wildman–Crippen LogP) is 0.940. The van der Waals surface area contributed by atoms with E-state index in [1.807, 2.05) is 6.92 Å². The van der Waals surface area contributed by atoms with Gasteiger partial charge in [-0.1, -0.05) is 13.8 Å². The molecule has 0 spiro atoms. The number of likely N-dealkylation sites (N-methyl/N-ethyl adjacent to an activating group) is 2. The van der Waals surface area contributed by atoms with Crippen molar-refractivity contribution >= 4 is 5.97 Å². The number of carboxylic acid groups (broad SMARTS) is 1. The Bertz CT molecular complexity index is 242. The van der Waals surface area contributed by atoms with Crippen LogP contribution in [-0.4, -0.2) is 60.9 Å². The molecule has 0 amide bonds. The average Bonchev–Trinajstić information content (AvgIpc) is 2.85. The van der Waals surface area contributed by atoms with Gasteiger partial charge in [-0.15, -0.1) is 0 Å². The number of hydrogen-bond acceptors (Lipinski definition) is 4. The normalized spacial score (nSPS) is 21.4. The molecule has 1 rings (SSSR count). The summed E-state index contributed by atoms with van der Waals surface area (Å²) in [4.78, 5) is 13.3. The zero-order valence-corrected chi connectivity index (χ0v) is 11.5. The van der Waals surface area contributed by atoms with Gasteiger partial charge in [-0.05, 0) is 32.4 Å². The third kappa shape index (κ3) is 5.33. The van der Waals surface area contributed by atoms with Gasteiger partial charge >= 0.3 is 5.97 Å². The standard InChI is InChI=1S/C13H26N2O3/c1-3-14-12(13(16)17)7-8-15(4-2)10-11-6-5-9-18-11/h11-12,14H,3-10H2,1-2H3,(H,16,17). The van der Waals surface area contributed by atoms with Crippen molar-refractivity contribution in [1.29, 1.82) is 0 Å². The number of aliphatic carboxylic acids is 1. The summed E-state index contributed by atoms with van der Waals surface area (Å²) in [6, 6.07) is -0.437. The SMILES string of the molecule is CCNC(CCN(CC)CC1CCCO1)C(=O)O. The van der Waals surface area contributed by atoms with E-state index < -0.39 is 12.0 Å². The summed E-state index contributed by atoms with van der Waals surface area (Å²) in [6.45, 7) is 8.28. The molecule has 0 saturated carbocycles. The van der Waals surface area contributed by atoms with Crippen molar-refractivity contribution in [2.75, 3.05) is 32.8 Å². The minimum Gasteiger partial charge on any atom is -0.480 e. The van der Waals surface area contributed by atoms with Gasteiger partial charge in [0.1, 0.15) is 6.04 Å². The minimum atomic E-state index is -0.759. The molecule has 18 heavy (non-hydrogen) atoms. The van der Waals surface area contributed by atoms with E-state index in [1.54, 1.807) is 0 Å². The number of nitrogens with one attached hydrogen (secondary N) is 1. The molecule has 0 aromatic heterocycles. The molecular weight excluding hydrogens is 232 g/mol. The number of hydrogen-bond donors (Lipinski definition) is 2. The minimum absolute atomic E-state index is 0.340. The van der Waals surface area contributed by atoms with Gasteiger partial charge in [0.05, 0.1) is 6.10 Å². The quantitative estimate of drug-likeness (QED) is 0.644. The van der Waals surface area contributed by atoms with Crippen LogP contribution in [-0.2, 0) is 9.53 Å². The lowest BCUT2D eigenvalue weighted by atomic mass is 10.1. The molecule has 0 radical (unpaired) electrons. The van der Waals surface area contributed by atoms with Gasteiger partial charge in [0, 0.05) is 19.7 Å². The first-order valence-corrected chi connectivity index (χ1v) is 6.97. The van der Waals surface area contributed by atoms with E-state index in [0.29, 0.717) is 19.1 Å². The van der Waals surface area contributed by atoms with Crippen LogP contribution in [0, 0.1) is 0 Å². The lowest BCUT2D eigenvalue weighted by molar-refractivity contribution is -0.139. The van der Waals surface area contributed by atoms with Crippen LogP contribution in [0.25, 0.3) is 0 Å². The van der Waals surface area contributed by atoms with Crippen molar-refractivity contribution in [2.24, 2.45) is 0 Å². The fourth-order valence-electron chi connectivity index (χ4n) is 2.33. The summed E-state index contributed by atoms with van der Waals surface area (Å²) in [5, 5.41) is 12.1. The lowest BCUT2D eigenvalue weighted by Gasteiger charge is -2.25. The van der Waals surface area contributed by atoms with Crippen molar-refractivity contribution in [3.63, 3.8) is 0 Å². The Hall–Kier alpha value is -0.650. The molecule has 2 unspecified atom stereocenters. The molecule has 0 aliphatic carbocycles. The van der Waals surface area contributed by atoms with Crippen molar-refractivity contribution in [2.45, 2.75) is 45.3 Å². The highest BCUT2D eigenvalue weighted by atomic mass is 16.5. The van der Waals surface area contributed by atoms with Crippen molar-refractivity contribution < 1.29 is 14.6 Å². The largest absolute Gasteiger partial charge is 0.480 e. The van der Waals surface area contributed by atoms with E-state index in [-0.39, 0.29) is 0 Å². The molecular formula is C13H26N2O3. The van der Waals surface area contributed by atoms with Crippen molar-refractivity contribution in [1.82, 2.24) is 10.2 Å². The zero-order valence-electron chi connectivity index (χ0n) is 11.5. The molecule has 1 aliphatic heterocycles. The third-order valence-corrected chi connectivity index (χ3v) is 3.42. The van der Waals surface area contributed by atoms with Crippen LogP contribution in [0.15, 0.2) is 0 Å². The van der Waals surface area contributed by atoms with Gasteiger partial charge in [-0.3, -0.25) is 4.79 Å². The van der Waals surface area contributed by atoms with E-state index in [1.165, 1.54) is 0 Å². The van der Waals surface area contributed by atoms with E-state index in [9.17, 15) is 4.79 Å². The van der Waals surface area contributed by atoms with Crippen LogP contribution in [0.1, 0.15) is 33.1 Å². The summed E-state index contributed by atoms with van der Waals surface area (Å²) in [5.41, 5.74) is 0. The Kier molecular flexibility index (Phi) is 7.23. The first-order valence-electron chi connectivity index (χ1n) is 6.97. The molecule has 2 atom stereocenters. The molecule has 5 heteroatoms. The molecule has 106 valence electrons. The Morgan fingerprint density at radius 1 is 1.56 bits per heavy atom. The first kappa shape index (κ1) is 15.4. The van der Waals surface area contributed by atoms with Gasteiger partial charge in [0.15, 0.2) is 0 Å². The first-order chi connectivity index (χ1) is 8.67. The average molecular weight is 258 g/mol. The summed E-state index contributed by atoms with van der Waals surface area (Å²) in [6.07, 6.45) is 3.26. The molecule has 5 nitrogen and oxygen atoms in total. The molecule has 2 N–H and O–H groups in total. The Morgan fingerprint density at radius 3 is 2.83 bits per heavy atom. The van der Waals surface area contributed by atoms with E-state index in [0.717, 1.165) is 39.1 Å². The fourth-order valence-corrected chi connectivity index (χ4v) is 2.33. The summed E-state index contributed by atoms with van der Waals surface area (Å²) in [5.74, 6) is -0.759. The van der Waals surface area contributed by atoms with E-state index in [4.69, 9.17) is 9.84 Å². The third-order valence-electron chi connectivity index (χ3n) is 3.42. The van der Waals surface area contributed by atoms with Crippen LogP contribution < -0.4 is 5.32 Å². The molecule has 1 saturated heterocycles. The van der Waals surface area contributed by atoms with Crippen LogP contribution in [0.4, 0.5) is 0 Å². The Morgan fingerprint density at radius 2 is 2.33 bits per heavy atom. The lowest BCUT2D eigenvalue weighted by Crippen LogP contribution is -2.41. The molecule has 0 aromatic rings. The van der Waals surface area contributed by atoms with Crippen molar-refractivity contribution in [3.05, 3.63) is 0 Å². The number of rotatable bonds is 9. The maximum Gasteiger partial charge on any atom is 0.320 e. The summed E-state index contributed by atoms with van der Waals surface area (Å²) < 4.78 is 5.61. The Balaban J connectivity index is 2.30. The highest BCUT2D eigenvalue weighted by Gasteiger charge is 2.21. The topological polar surface area (TPSA) is 61.8 Å². The van der Waals surface area contributed by atoms with Crippen LogP contribution in [0.5, 0.6) is 0 Å². The second kappa shape index (κ2) is 8.45. The van der Waals surface area contributed by atoms with E-state index in [2.05, 4.69) is 17.1 Å². The highest BCUT2D eigenvalue weighted by Crippen LogP contribution is 2.13. The highest BCUT2D eigenvalue weighted by molar-refractivity contribution is 5.73. The van der Waals surface area contributed by atoms with Gasteiger partial charge in [-0.2, -0.15) is 0 Å². The van der Waals surface area contributed by atoms with Crippen LogP contribution in [0.3, 0.4) is 0 Å². The Labute approximate surface area is 109 Å². The number of carboxylic acids is 1. The van der Waals surface area contributed by atoms with E-state index >= 15 is 0 Å². The second-order valence-corrected chi connectivity index (χ2v) is 4.77. The summed E-state index contributed by atoms with van der Waals surface area (Å²) in [7, 11) is 0. The van der Waals surface area contributed by atoms with Gasteiger partial charge in [-0.25, -0.2) is 0 Å². The number of carbonyl (C=O) groups is 1. The smallest absolute Gasteiger partial charge is 0.320 e. The van der Waals surface area contributed by atoms with Crippen LogP contribution >= 0.6 is 0 Å².